The topological polar surface area (TPSA) is 18.5 Å². The van der Waals surface area contributed by atoms with E-state index in [9.17, 15) is 0 Å². The van der Waals surface area contributed by atoms with Crippen LogP contribution >= 0.6 is 0 Å². The molecule has 2 aromatic carbocycles. The molecule has 0 aliphatic rings. The van der Waals surface area contributed by atoms with Crippen molar-refractivity contribution < 1.29 is 9.47 Å². The van der Waals surface area contributed by atoms with Gasteiger partial charge in [-0.25, -0.2) is 0 Å². The first-order chi connectivity index (χ1) is 9.81. The van der Waals surface area contributed by atoms with Gasteiger partial charge in [-0.15, -0.1) is 0 Å². The van der Waals surface area contributed by atoms with E-state index in [0.29, 0.717) is 26.3 Å². The van der Waals surface area contributed by atoms with Gasteiger partial charge >= 0.3 is 132 Å². The van der Waals surface area contributed by atoms with Gasteiger partial charge in [-0.1, -0.05) is 0 Å². The van der Waals surface area contributed by atoms with E-state index < -0.39 is 0 Å². The minimum atomic E-state index is 0.493. The monoisotopic (exact) mass is 402 g/mol. The van der Waals surface area contributed by atoms with Crippen LogP contribution in [0.5, 0.6) is 11.5 Å². The first-order valence-electron chi connectivity index (χ1n) is 6.62. The first kappa shape index (κ1) is 15.5. The molecule has 0 aliphatic carbocycles. The molecule has 0 aromatic heterocycles. The Labute approximate surface area is 131 Å². The van der Waals surface area contributed by atoms with Crippen molar-refractivity contribution in [2.75, 3.05) is 13.2 Å². The summed E-state index contributed by atoms with van der Waals surface area (Å²) < 4.78 is 13.8. The molecular weight excluding hydrogens is 382 g/mol. The number of benzene rings is 2. The molecule has 0 bridgehead atoms. The van der Waals surface area contributed by atoms with Crippen molar-refractivity contribution in [1.82, 2.24) is 0 Å². The molecule has 0 spiro atoms. The van der Waals surface area contributed by atoms with E-state index in [4.69, 9.17) is 9.47 Å². The van der Waals surface area contributed by atoms with Gasteiger partial charge in [-0.3, -0.25) is 0 Å². The molecule has 106 valence electrons. The quantitative estimate of drug-likeness (QED) is 0.660. The minimum absolute atomic E-state index is 0.493. The Morgan fingerprint density at radius 1 is 0.750 bits per heavy atom. The van der Waals surface area contributed by atoms with Crippen molar-refractivity contribution in [1.29, 1.82) is 0 Å². The van der Waals surface area contributed by atoms with Crippen molar-refractivity contribution in [3.05, 3.63) is 48.5 Å². The summed E-state index contributed by atoms with van der Waals surface area (Å²) in [5, 5.41) is 0. The van der Waals surface area contributed by atoms with Crippen LogP contribution in [-0.2, 0) is 0 Å². The average Bonchev–Trinajstić information content (AvgIpc) is 2.48. The fourth-order valence-electron chi connectivity index (χ4n) is 1.64. The SMILES string of the molecule is CCOc1ccc([Se][Se]c2cccc(OCC)c2)cc1. The van der Waals surface area contributed by atoms with Crippen molar-refractivity contribution in [2.45, 2.75) is 13.8 Å². The standard InChI is InChI=1S/C16H18O2Se2/c1-3-17-13-8-10-15(11-9-13)19-20-16-7-5-6-14(12-16)18-4-2/h5-12H,3-4H2,1-2H3. The molecule has 0 saturated heterocycles. The van der Waals surface area contributed by atoms with Gasteiger partial charge < -0.3 is 0 Å². The summed E-state index contributed by atoms with van der Waals surface area (Å²) in [5.74, 6) is 1.94. The van der Waals surface area contributed by atoms with Gasteiger partial charge in [-0.05, 0) is 0 Å². The van der Waals surface area contributed by atoms with Crippen LogP contribution in [0.3, 0.4) is 0 Å². The molecule has 0 unspecified atom stereocenters. The zero-order chi connectivity index (χ0) is 14.2. The molecular formula is C16H18O2Se2. The summed E-state index contributed by atoms with van der Waals surface area (Å²) in [6.45, 7) is 5.47. The molecule has 0 atom stereocenters. The third-order valence-electron chi connectivity index (χ3n) is 2.49. The Balaban J connectivity index is 1.92. The third kappa shape index (κ3) is 4.88. The van der Waals surface area contributed by atoms with Crippen LogP contribution in [-0.4, -0.2) is 39.5 Å². The van der Waals surface area contributed by atoms with Crippen LogP contribution in [0.2, 0.25) is 0 Å². The Morgan fingerprint density at radius 2 is 1.40 bits per heavy atom. The molecule has 0 N–H and O–H groups in total. The van der Waals surface area contributed by atoms with Crippen LogP contribution in [0.1, 0.15) is 13.8 Å². The molecule has 0 radical (unpaired) electrons. The van der Waals surface area contributed by atoms with Gasteiger partial charge in [0, 0.05) is 0 Å². The third-order valence-corrected chi connectivity index (χ3v) is 9.68. The van der Waals surface area contributed by atoms with E-state index in [-0.39, 0.29) is 0 Å². The van der Waals surface area contributed by atoms with Gasteiger partial charge in [-0.2, -0.15) is 0 Å². The summed E-state index contributed by atoms with van der Waals surface area (Å²) in [6, 6.07) is 16.9. The molecule has 0 amide bonds. The molecule has 0 fully saturated rings. The van der Waals surface area contributed by atoms with Gasteiger partial charge in [0.2, 0.25) is 0 Å². The van der Waals surface area contributed by atoms with Crippen LogP contribution in [0.15, 0.2) is 48.5 Å². The van der Waals surface area contributed by atoms with Gasteiger partial charge in [0.25, 0.3) is 0 Å². The van der Waals surface area contributed by atoms with Crippen LogP contribution in [0.25, 0.3) is 0 Å². The maximum atomic E-state index is 5.54. The number of ether oxygens (including phenoxy) is 2. The second-order valence-electron chi connectivity index (χ2n) is 3.98. The number of rotatable bonds is 7. The number of hydrogen-bond donors (Lipinski definition) is 0. The predicted molar refractivity (Wildman–Crippen MR) is 86.0 cm³/mol. The Kier molecular flexibility index (Phi) is 6.48. The summed E-state index contributed by atoms with van der Waals surface area (Å²) in [5.41, 5.74) is 0. The Morgan fingerprint density at radius 3 is 2.10 bits per heavy atom. The molecule has 0 saturated carbocycles. The zero-order valence-corrected chi connectivity index (χ0v) is 15.1. The summed E-state index contributed by atoms with van der Waals surface area (Å²) >= 11 is 0.996. The van der Waals surface area contributed by atoms with E-state index >= 15 is 0 Å². The van der Waals surface area contributed by atoms with E-state index in [2.05, 4.69) is 42.5 Å². The molecule has 20 heavy (non-hydrogen) atoms. The molecule has 2 rings (SSSR count). The Hall–Kier alpha value is -0.921. The average molecular weight is 400 g/mol. The van der Waals surface area contributed by atoms with E-state index in [1.807, 2.05) is 19.9 Å². The van der Waals surface area contributed by atoms with Crippen LogP contribution < -0.4 is 18.4 Å². The van der Waals surface area contributed by atoms with Crippen LogP contribution in [0.4, 0.5) is 0 Å². The fourth-order valence-corrected chi connectivity index (χ4v) is 7.62. The van der Waals surface area contributed by atoms with E-state index in [1.54, 1.807) is 0 Å². The second kappa shape index (κ2) is 8.38. The molecule has 0 heterocycles. The summed E-state index contributed by atoms with van der Waals surface area (Å²) in [7, 11) is 0. The van der Waals surface area contributed by atoms with Crippen LogP contribution in [0, 0.1) is 0 Å². The molecule has 2 aromatic rings. The Bertz CT molecular complexity index is 526. The number of hydrogen-bond acceptors (Lipinski definition) is 2. The van der Waals surface area contributed by atoms with Crippen molar-refractivity contribution in [3.8, 4) is 11.5 Å². The van der Waals surface area contributed by atoms with Gasteiger partial charge in [0.05, 0.1) is 0 Å². The second-order valence-corrected chi connectivity index (χ2v) is 10.3. The van der Waals surface area contributed by atoms with Gasteiger partial charge in [0.1, 0.15) is 0 Å². The summed E-state index contributed by atoms with van der Waals surface area (Å²) in [4.78, 5) is 0. The van der Waals surface area contributed by atoms with E-state index in [1.165, 1.54) is 8.92 Å². The fraction of sp³-hybridized carbons (Fsp3) is 0.250. The first-order valence-corrected chi connectivity index (χ1v) is 12.7. The van der Waals surface area contributed by atoms with Crippen molar-refractivity contribution >= 4 is 35.2 Å². The zero-order valence-electron chi connectivity index (χ0n) is 11.7. The predicted octanol–water partition coefficient (Wildman–Crippen LogP) is 1.76. The summed E-state index contributed by atoms with van der Waals surface area (Å²) in [6.07, 6.45) is 0. The molecule has 0 aliphatic heterocycles. The van der Waals surface area contributed by atoms with Crippen molar-refractivity contribution in [2.24, 2.45) is 0 Å². The normalized spacial score (nSPS) is 10.3. The maximum absolute atomic E-state index is 5.54. The van der Waals surface area contributed by atoms with E-state index in [0.717, 1.165) is 24.7 Å². The molecule has 2 nitrogen and oxygen atoms in total. The molecule has 4 heteroatoms. The van der Waals surface area contributed by atoms with Crippen molar-refractivity contribution in [3.63, 3.8) is 0 Å². The van der Waals surface area contributed by atoms with Gasteiger partial charge in [0.15, 0.2) is 0 Å².